The lowest BCUT2D eigenvalue weighted by Gasteiger charge is -2.34. The van der Waals surface area contributed by atoms with Gasteiger partial charge in [-0.05, 0) is 44.2 Å². The minimum atomic E-state index is -0.214. The van der Waals surface area contributed by atoms with Crippen LogP contribution < -0.4 is 4.90 Å². The first-order valence-electron chi connectivity index (χ1n) is 7.80. The Morgan fingerprint density at radius 1 is 1.19 bits per heavy atom. The number of hydrogen-bond acceptors (Lipinski definition) is 5. The van der Waals surface area contributed by atoms with Crippen LogP contribution in [0.3, 0.4) is 0 Å². The zero-order valence-corrected chi connectivity index (χ0v) is 12.5. The van der Waals surface area contributed by atoms with Crippen molar-refractivity contribution in [2.24, 2.45) is 0 Å². The first kappa shape index (κ1) is 14.1. The van der Waals surface area contributed by atoms with Gasteiger partial charge in [0.1, 0.15) is 0 Å². The summed E-state index contributed by atoms with van der Waals surface area (Å²) in [6, 6.07) is 2.18. The first-order chi connectivity index (χ1) is 10.3. The van der Waals surface area contributed by atoms with Crippen molar-refractivity contribution in [2.75, 3.05) is 37.7 Å². The lowest BCUT2D eigenvalue weighted by Crippen LogP contribution is -2.49. The molecule has 1 fully saturated rings. The highest BCUT2D eigenvalue weighted by Gasteiger charge is 2.23. The number of rotatable bonds is 2. The number of nitrogens with zero attached hydrogens (tertiary/aromatic N) is 4. The monoisotopic (exact) mass is 290 g/mol. The van der Waals surface area contributed by atoms with Gasteiger partial charge in [-0.2, -0.15) is 5.10 Å². The Morgan fingerprint density at radius 2 is 1.95 bits per heavy atom. The van der Waals surface area contributed by atoms with Crippen LogP contribution in [0.25, 0.3) is 0 Å². The maximum atomic E-state index is 11.7. The van der Waals surface area contributed by atoms with Gasteiger partial charge in [-0.15, -0.1) is 5.10 Å². The largest absolute Gasteiger partial charge is 0.450 e. The highest BCUT2D eigenvalue weighted by atomic mass is 16.6. The van der Waals surface area contributed by atoms with Gasteiger partial charge in [-0.25, -0.2) is 4.79 Å². The fourth-order valence-electron chi connectivity index (χ4n) is 2.97. The molecule has 2 aliphatic rings. The van der Waals surface area contributed by atoms with Gasteiger partial charge in [0, 0.05) is 26.2 Å². The summed E-state index contributed by atoms with van der Waals surface area (Å²) in [6.45, 7) is 5.18. The molecule has 0 spiro atoms. The van der Waals surface area contributed by atoms with Gasteiger partial charge in [-0.1, -0.05) is 0 Å². The first-order valence-corrected chi connectivity index (χ1v) is 7.80. The molecule has 0 saturated carbocycles. The van der Waals surface area contributed by atoms with Crippen LogP contribution in [-0.2, 0) is 17.6 Å². The summed E-state index contributed by atoms with van der Waals surface area (Å²) in [5.41, 5.74) is 2.51. The fourth-order valence-corrected chi connectivity index (χ4v) is 2.97. The second-order valence-electron chi connectivity index (χ2n) is 5.55. The topological polar surface area (TPSA) is 58.6 Å². The highest BCUT2D eigenvalue weighted by molar-refractivity contribution is 5.68. The van der Waals surface area contributed by atoms with Gasteiger partial charge in [0.25, 0.3) is 0 Å². The van der Waals surface area contributed by atoms with Crippen molar-refractivity contribution in [1.29, 1.82) is 0 Å². The molecule has 6 nitrogen and oxygen atoms in total. The Bertz CT molecular complexity index is 512. The quantitative estimate of drug-likeness (QED) is 0.828. The van der Waals surface area contributed by atoms with Gasteiger partial charge in [0.05, 0.1) is 12.3 Å². The second-order valence-corrected chi connectivity index (χ2v) is 5.55. The molecule has 3 rings (SSSR count). The van der Waals surface area contributed by atoms with Crippen molar-refractivity contribution in [1.82, 2.24) is 15.1 Å². The number of aromatic nitrogens is 2. The lowest BCUT2D eigenvalue weighted by atomic mass is 9.97. The van der Waals surface area contributed by atoms with Crippen molar-refractivity contribution < 1.29 is 9.53 Å². The van der Waals surface area contributed by atoms with Crippen molar-refractivity contribution in [2.45, 2.75) is 32.6 Å². The Balaban J connectivity index is 1.63. The van der Waals surface area contributed by atoms with Crippen LogP contribution in [0, 0.1) is 0 Å². The zero-order valence-electron chi connectivity index (χ0n) is 12.5. The molecular formula is C15H22N4O2. The molecule has 0 atom stereocenters. The number of anilines is 1. The molecule has 6 heteroatoms. The van der Waals surface area contributed by atoms with E-state index in [0.717, 1.165) is 37.4 Å². The Morgan fingerprint density at radius 3 is 2.71 bits per heavy atom. The van der Waals surface area contributed by atoms with Crippen molar-refractivity contribution in [3.05, 3.63) is 17.3 Å². The third kappa shape index (κ3) is 3.09. The van der Waals surface area contributed by atoms with Crippen LogP contribution in [0.1, 0.15) is 31.0 Å². The molecule has 1 aliphatic heterocycles. The van der Waals surface area contributed by atoms with E-state index in [-0.39, 0.29) is 6.09 Å². The number of fused-ring (bicyclic) bond motifs is 1. The molecule has 114 valence electrons. The summed E-state index contributed by atoms with van der Waals surface area (Å²) >= 11 is 0. The molecule has 1 saturated heterocycles. The van der Waals surface area contributed by atoms with Gasteiger partial charge in [0.2, 0.25) is 0 Å². The third-order valence-corrected chi connectivity index (χ3v) is 4.19. The number of carbonyl (C=O) groups is 1. The van der Waals surface area contributed by atoms with Crippen LogP contribution >= 0.6 is 0 Å². The molecule has 0 bridgehead atoms. The number of carbonyl (C=O) groups excluding carboxylic acids is 1. The molecule has 1 aliphatic carbocycles. The van der Waals surface area contributed by atoms with E-state index in [1.807, 2.05) is 6.92 Å². The maximum absolute atomic E-state index is 11.7. The van der Waals surface area contributed by atoms with Crippen molar-refractivity contribution in [3.63, 3.8) is 0 Å². The molecule has 1 aromatic rings. The molecule has 21 heavy (non-hydrogen) atoms. The molecular weight excluding hydrogens is 268 g/mol. The van der Waals surface area contributed by atoms with E-state index < -0.39 is 0 Å². The Hall–Kier alpha value is -1.85. The van der Waals surface area contributed by atoms with E-state index >= 15 is 0 Å². The Labute approximate surface area is 125 Å². The summed E-state index contributed by atoms with van der Waals surface area (Å²) < 4.78 is 5.04. The van der Waals surface area contributed by atoms with E-state index in [2.05, 4.69) is 21.2 Å². The van der Waals surface area contributed by atoms with Gasteiger partial charge < -0.3 is 14.5 Å². The minimum Gasteiger partial charge on any atom is -0.450 e. The summed E-state index contributed by atoms with van der Waals surface area (Å²) in [4.78, 5) is 15.7. The van der Waals surface area contributed by atoms with Crippen molar-refractivity contribution in [3.8, 4) is 0 Å². The van der Waals surface area contributed by atoms with Crippen LogP contribution in [0.4, 0.5) is 10.6 Å². The lowest BCUT2D eigenvalue weighted by molar-refractivity contribution is 0.105. The zero-order chi connectivity index (χ0) is 14.7. The average Bonchev–Trinajstić information content (AvgIpc) is 2.55. The number of amides is 1. The average molecular weight is 290 g/mol. The summed E-state index contributed by atoms with van der Waals surface area (Å²) in [5, 5.41) is 8.74. The third-order valence-electron chi connectivity index (χ3n) is 4.19. The van der Waals surface area contributed by atoms with E-state index in [4.69, 9.17) is 4.74 Å². The van der Waals surface area contributed by atoms with Gasteiger partial charge in [-0.3, -0.25) is 0 Å². The summed E-state index contributed by atoms with van der Waals surface area (Å²) in [5.74, 6) is 0.944. The van der Waals surface area contributed by atoms with Crippen LogP contribution in [0.5, 0.6) is 0 Å². The minimum absolute atomic E-state index is 0.214. The summed E-state index contributed by atoms with van der Waals surface area (Å²) in [7, 11) is 0. The molecule has 0 aromatic carbocycles. The van der Waals surface area contributed by atoms with Crippen LogP contribution in [-0.4, -0.2) is 54.0 Å². The molecule has 0 radical (unpaired) electrons. The smallest absolute Gasteiger partial charge is 0.409 e. The van der Waals surface area contributed by atoms with E-state index in [0.29, 0.717) is 19.7 Å². The van der Waals surface area contributed by atoms with E-state index in [1.54, 1.807) is 4.90 Å². The van der Waals surface area contributed by atoms with Crippen molar-refractivity contribution >= 4 is 11.9 Å². The normalized spacial score (nSPS) is 18.3. The molecule has 1 aromatic heterocycles. The number of piperazine rings is 1. The maximum Gasteiger partial charge on any atom is 0.409 e. The number of hydrogen-bond donors (Lipinski definition) is 0. The summed E-state index contributed by atoms with van der Waals surface area (Å²) in [6.07, 6.45) is 4.42. The van der Waals surface area contributed by atoms with E-state index in [9.17, 15) is 4.79 Å². The van der Waals surface area contributed by atoms with E-state index in [1.165, 1.54) is 18.4 Å². The van der Waals surface area contributed by atoms with Crippen LogP contribution in [0.15, 0.2) is 6.07 Å². The molecule has 1 amide bonds. The SMILES string of the molecule is CCOC(=O)N1CCN(c2cc3c(nn2)CCCC3)CC1. The van der Waals surface area contributed by atoms with Crippen LogP contribution in [0.2, 0.25) is 0 Å². The predicted octanol–water partition coefficient (Wildman–Crippen LogP) is 1.63. The molecule has 0 unspecified atom stereocenters. The molecule has 0 N–H and O–H groups in total. The standard InChI is InChI=1S/C15H22N4O2/c1-2-21-15(20)19-9-7-18(8-10-19)14-11-12-5-3-4-6-13(12)16-17-14/h11H,2-10H2,1H3. The molecule has 2 heterocycles. The predicted molar refractivity (Wildman–Crippen MR) is 79.5 cm³/mol. The number of aryl methyl sites for hydroxylation is 2. The number of ether oxygens (including phenoxy) is 1. The fraction of sp³-hybridized carbons (Fsp3) is 0.667. The van der Waals surface area contributed by atoms with Gasteiger partial charge in [0.15, 0.2) is 5.82 Å². The van der Waals surface area contributed by atoms with Gasteiger partial charge >= 0.3 is 6.09 Å². The second kappa shape index (κ2) is 6.28. The Kier molecular flexibility index (Phi) is 4.22. The highest BCUT2D eigenvalue weighted by Crippen LogP contribution is 2.22.